The van der Waals surface area contributed by atoms with Crippen LogP contribution in [-0.4, -0.2) is 71.3 Å². The summed E-state index contributed by atoms with van der Waals surface area (Å²) in [5, 5.41) is 44.4. The third-order valence-corrected chi connectivity index (χ3v) is 1.95. The highest BCUT2D eigenvalue weighted by molar-refractivity contribution is 7.74. The van der Waals surface area contributed by atoms with Crippen molar-refractivity contribution in [2.45, 2.75) is 24.4 Å². The first-order chi connectivity index (χ1) is 7.31. The third kappa shape index (κ3) is 4.49. The highest BCUT2D eigenvalue weighted by Crippen LogP contribution is 2.06. The Kier molecular flexibility index (Phi) is 6.59. The first kappa shape index (κ1) is 15.4. The molecule has 0 heterocycles. The Hall–Kier alpha value is -0.620. The number of carbonyl (C=O) groups is 1. The van der Waals surface area contributed by atoms with Crippen LogP contribution in [0, 0.1) is 0 Å². The molecule has 0 rings (SSSR count). The van der Waals surface area contributed by atoms with Gasteiger partial charge in [0.1, 0.15) is 29.7 Å². The van der Waals surface area contributed by atoms with E-state index in [4.69, 9.17) is 25.5 Å². The summed E-state index contributed by atoms with van der Waals surface area (Å²) in [7, 11) is 0. The summed E-state index contributed by atoms with van der Waals surface area (Å²) in [5.41, 5.74) is 0. The average Bonchev–Trinajstić information content (AvgIpc) is 2.23. The zero-order valence-corrected chi connectivity index (χ0v) is 8.61. The van der Waals surface area contributed by atoms with E-state index < -0.39 is 48.4 Å². The minimum atomic E-state index is -3.22. The van der Waals surface area contributed by atoms with Crippen LogP contribution in [-0.2, 0) is 20.3 Å². The van der Waals surface area contributed by atoms with Gasteiger partial charge in [-0.2, -0.15) is 0 Å². The van der Waals surface area contributed by atoms with E-state index in [1.807, 2.05) is 0 Å². The Bertz CT molecular complexity index is 256. The van der Waals surface area contributed by atoms with E-state index in [-0.39, 0.29) is 0 Å². The summed E-state index contributed by atoms with van der Waals surface area (Å²) in [6.45, 7) is -0.923. The molecule has 0 aromatic heterocycles. The van der Waals surface area contributed by atoms with Gasteiger partial charge in [0, 0.05) is 0 Å². The molecule has 0 aromatic rings. The summed E-state index contributed by atoms with van der Waals surface area (Å²) in [4.78, 5) is 10.7. The van der Waals surface area contributed by atoms with E-state index in [1.165, 1.54) is 0 Å². The van der Waals surface area contributed by atoms with Crippen LogP contribution in [0.4, 0.5) is 0 Å². The van der Waals surface area contributed by atoms with Crippen LogP contribution in [0.5, 0.6) is 0 Å². The molecule has 0 aromatic carbocycles. The molecule has 5 N–H and O–H groups in total. The average molecular weight is 259 g/mol. The van der Waals surface area contributed by atoms with E-state index >= 15 is 0 Å². The van der Waals surface area contributed by atoms with Crippen LogP contribution in [0.2, 0.25) is 0 Å². The van der Waals surface area contributed by atoms with E-state index in [2.05, 4.69) is 4.18 Å². The van der Waals surface area contributed by atoms with Crippen molar-refractivity contribution in [2.75, 3.05) is 6.61 Å². The lowest BCUT2D eigenvalue weighted by atomic mass is 10.0. The Morgan fingerprint density at radius 3 is 2.12 bits per heavy atom. The molecule has 0 saturated carbocycles. The standard InChI is InChI=1S/C6H12O9S/c7-1-2(8)3(9)4(10)5(11)6(12)15-16(13)14/h2-5,7-11H,1H2,(H,13,14)/p-1/t2-,3-,4+,5-/m1/s1. The molecular formula is C6H11O9S-. The fourth-order valence-electron chi connectivity index (χ4n) is 0.778. The van der Waals surface area contributed by atoms with Gasteiger partial charge in [0.15, 0.2) is 6.10 Å². The Morgan fingerprint density at radius 2 is 1.75 bits per heavy atom. The van der Waals surface area contributed by atoms with Crippen LogP contribution < -0.4 is 0 Å². The SMILES string of the molecule is O=C(OS(=O)[O-])[C@H](O)[C@@H](O)[C@H](O)[C@H](O)CO. The monoisotopic (exact) mass is 259 g/mol. The second-order valence-electron chi connectivity index (χ2n) is 2.78. The molecule has 1 unspecified atom stereocenters. The lowest BCUT2D eigenvalue weighted by Gasteiger charge is -2.24. The summed E-state index contributed by atoms with van der Waals surface area (Å²) >= 11 is -3.22. The number of rotatable bonds is 6. The van der Waals surface area contributed by atoms with Crippen molar-refractivity contribution in [2.24, 2.45) is 0 Å². The molecule has 0 aliphatic heterocycles. The van der Waals surface area contributed by atoms with Crippen molar-refractivity contribution < 1.29 is 43.3 Å². The van der Waals surface area contributed by atoms with E-state index in [1.54, 1.807) is 0 Å². The quantitative estimate of drug-likeness (QED) is 0.297. The normalized spacial score (nSPS) is 20.6. The van der Waals surface area contributed by atoms with Crippen LogP contribution in [0.15, 0.2) is 0 Å². The fraction of sp³-hybridized carbons (Fsp3) is 0.833. The van der Waals surface area contributed by atoms with Gasteiger partial charge in [-0.15, -0.1) is 0 Å². The molecule has 0 radical (unpaired) electrons. The van der Waals surface area contributed by atoms with Gasteiger partial charge < -0.3 is 34.3 Å². The van der Waals surface area contributed by atoms with Crippen LogP contribution in [0.25, 0.3) is 0 Å². The summed E-state index contributed by atoms with van der Waals surface area (Å²) in [5.74, 6) is -1.72. The number of aliphatic hydroxyl groups is 5. The Labute approximate surface area is 92.4 Å². The topological polar surface area (TPSA) is 168 Å². The molecule has 9 nitrogen and oxygen atoms in total. The molecule has 0 bridgehead atoms. The predicted molar refractivity (Wildman–Crippen MR) is 46.1 cm³/mol. The van der Waals surface area contributed by atoms with Crippen LogP contribution in [0.1, 0.15) is 0 Å². The van der Waals surface area contributed by atoms with Crippen molar-refractivity contribution in [1.82, 2.24) is 0 Å². The third-order valence-electron chi connectivity index (χ3n) is 1.65. The molecule has 0 spiro atoms. The second kappa shape index (κ2) is 6.85. The minimum Gasteiger partial charge on any atom is -0.740 e. The van der Waals surface area contributed by atoms with Gasteiger partial charge in [0.25, 0.3) is 0 Å². The van der Waals surface area contributed by atoms with Gasteiger partial charge in [0.05, 0.1) is 6.61 Å². The zero-order valence-electron chi connectivity index (χ0n) is 7.79. The number of aliphatic hydroxyl groups excluding tert-OH is 5. The summed E-state index contributed by atoms with van der Waals surface area (Å²) < 4.78 is 23.3. The first-order valence-electron chi connectivity index (χ1n) is 3.95. The smallest absolute Gasteiger partial charge is 0.351 e. The van der Waals surface area contributed by atoms with Gasteiger partial charge in [-0.1, -0.05) is 0 Å². The maximum atomic E-state index is 10.7. The number of hydrogen-bond acceptors (Lipinski definition) is 9. The van der Waals surface area contributed by atoms with Crippen molar-refractivity contribution in [3.05, 3.63) is 0 Å². The first-order valence-corrected chi connectivity index (χ1v) is 4.95. The maximum absolute atomic E-state index is 10.7. The van der Waals surface area contributed by atoms with E-state index in [0.29, 0.717) is 0 Å². The van der Waals surface area contributed by atoms with E-state index in [0.717, 1.165) is 0 Å². The van der Waals surface area contributed by atoms with Gasteiger partial charge in [-0.25, -0.2) is 9.00 Å². The second-order valence-corrected chi connectivity index (χ2v) is 3.36. The lowest BCUT2D eigenvalue weighted by Crippen LogP contribution is -2.49. The Morgan fingerprint density at radius 1 is 1.25 bits per heavy atom. The molecule has 10 heteroatoms. The summed E-state index contributed by atoms with van der Waals surface area (Å²) in [6.07, 6.45) is -8.39. The molecular weight excluding hydrogens is 248 g/mol. The zero-order chi connectivity index (χ0) is 12.9. The van der Waals surface area contributed by atoms with Crippen LogP contribution in [0.3, 0.4) is 0 Å². The minimum absolute atomic E-state index is 0.923. The highest BCUT2D eigenvalue weighted by atomic mass is 32.2. The van der Waals surface area contributed by atoms with Crippen molar-refractivity contribution in [3.8, 4) is 0 Å². The van der Waals surface area contributed by atoms with Gasteiger partial charge >= 0.3 is 5.97 Å². The molecule has 96 valence electrons. The molecule has 0 fully saturated rings. The van der Waals surface area contributed by atoms with Crippen molar-refractivity contribution in [3.63, 3.8) is 0 Å². The molecule has 0 saturated heterocycles. The molecule has 5 atom stereocenters. The van der Waals surface area contributed by atoms with Crippen molar-refractivity contribution >= 4 is 17.3 Å². The molecule has 0 aliphatic rings. The maximum Gasteiger partial charge on any atom is 0.351 e. The highest BCUT2D eigenvalue weighted by Gasteiger charge is 2.35. The molecule has 16 heavy (non-hydrogen) atoms. The van der Waals surface area contributed by atoms with Gasteiger partial charge in [-0.3, -0.25) is 0 Å². The van der Waals surface area contributed by atoms with Gasteiger partial charge in [0.2, 0.25) is 0 Å². The Balaban J connectivity index is 4.42. The number of hydrogen-bond donors (Lipinski definition) is 5. The van der Waals surface area contributed by atoms with Gasteiger partial charge in [-0.05, 0) is 0 Å². The molecule has 0 aliphatic carbocycles. The number of carbonyl (C=O) groups excluding carboxylic acids is 1. The lowest BCUT2D eigenvalue weighted by molar-refractivity contribution is -0.161. The largest absolute Gasteiger partial charge is 0.740 e. The summed E-state index contributed by atoms with van der Waals surface area (Å²) in [6, 6.07) is 0. The fourth-order valence-corrected chi connectivity index (χ4v) is 1.01. The van der Waals surface area contributed by atoms with E-state index in [9.17, 15) is 13.6 Å². The molecule has 0 amide bonds. The predicted octanol–water partition coefficient (Wildman–Crippen LogP) is -4.24. The van der Waals surface area contributed by atoms with Crippen LogP contribution >= 0.6 is 0 Å². The van der Waals surface area contributed by atoms with Crippen molar-refractivity contribution in [1.29, 1.82) is 0 Å².